The molecule has 0 saturated heterocycles. The number of ether oxygens (including phenoxy) is 1. The lowest BCUT2D eigenvalue weighted by Crippen LogP contribution is -2.13. The summed E-state index contributed by atoms with van der Waals surface area (Å²) in [5, 5.41) is 0. The zero-order valence-corrected chi connectivity index (χ0v) is 5.96. The van der Waals surface area contributed by atoms with Crippen LogP contribution in [0.15, 0.2) is 24.3 Å². The van der Waals surface area contributed by atoms with Gasteiger partial charge in [-0.1, -0.05) is 18.7 Å². The van der Waals surface area contributed by atoms with Gasteiger partial charge in [0, 0.05) is 6.54 Å². The van der Waals surface area contributed by atoms with Crippen molar-refractivity contribution in [3.8, 4) is 0 Å². The molecule has 0 aliphatic rings. The summed E-state index contributed by atoms with van der Waals surface area (Å²) in [6.07, 6.45) is 3.03. The molecule has 0 unspecified atom stereocenters. The highest BCUT2D eigenvalue weighted by atomic mass is 16.5. The van der Waals surface area contributed by atoms with Crippen molar-refractivity contribution in [1.29, 1.82) is 0 Å². The summed E-state index contributed by atoms with van der Waals surface area (Å²) in [6, 6.07) is 0. The minimum atomic E-state index is -0.401. The first-order chi connectivity index (χ1) is 4.76. The summed E-state index contributed by atoms with van der Waals surface area (Å²) >= 11 is 0. The maximum Gasteiger partial charge on any atom is 0.335 e. The molecule has 56 valence electrons. The third-order valence-electron chi connectivity index (χ3n) is 0.987. The van der Waals surface area contributed by atoms with E-state index in [-0.39, 0.29) is 6.54 Å². The van der Waals surface area contributed by atoms with Crippen molar-refractivity contribution in [1.82, 2.24) is 0 Å². The Bertz CT molecular complexity index is 161. The number of hydrogen-bond acceptors (Lipinski definition) is 3. The predicted octanol–water partition coefficient (Wildman–Crippen LogP) is 0.231. The van der Waals surface area contributed by atoms with E-state index in [1.807, 2.05) is 0 Å². The molecule has 0 rings (SSSR count). The fourth-order valence-corrected chi connectivity index (χ4v) is 0.493. The van der Waals surface area contributed by atoms with Gasteiger partial charge >= 0.3 is 5.97 Å². The average Bonchev–Trinajstić information content (AvgIpc) is 1.99. The molecule has 0 aromatic rings. The topological polar surface area (TPSA) is 52.3 Å². The van der Waals surface area contributed by atoms with Crippen LogP contribution in [0.2, 0.25) is 0 Å². The summed E-state index contributed by atoms with van der Waals surface area (Å²) in [5.74, 6) is -0.401. The number of carbonyl (C=O) groups is 1. The lowest BCUT2D eigenvalue weighted by Gasteiger charge is -1.98. The SMILES string of the molecule is C=CC=C(CN)C(=O)OC. The van der Waals surface area contributed by atoms with Gasteiger partial charge in [-0.3, -0.25) is 0 Å². The third-order valence-corrected chi connectivity index (χ3v) is 0.987. The van der Waals surface area contributed by atoms with Crippen LogP contribution in [0.4, 0.5) is 0 Å². The molecule has 0 heterocycles. The van der Waals surface area contributed by atoms with Gasteiger partial charge in [0.25, 0.3) is 0 Å². The van der Waals surface area contributed by atoms with Crippen molar-refractivity contribution in [3.05, 3.63) is 24.3 Å². The van der Waals surface area contributed by atoms with Crippen molar-refractivity contribution in [2.75, 3.05) is 13.7 Å². The molecule has 0 aromatic carbocycles. The molecule has 0 amide bonds. The number of allylic oxidation sites excluding steroid dienone is 2. The minimum Gasteiger partial charge on any atom is -0.466 e. The van der Waals surface area contributed by atoms with E-state index in [4.69, 9.17) is 5.73 Å². The summed E-state index contributed by atoms with van der Waals surface area (Å²) in [7, 11) is 1.31. The van der Waals surface area contributed by atoms with E-state index >= 15 is 0 Å². The van der Waals surface area contributed by atoms with Crippen molar-refractivity contribution < 1.29 is 9.53 Å². The van der Waals surface area contributed by atoms with Crippen LogP contribution in [-0.2, 0) is 9.53 Å². The molecule has 0 aliphatic heterocycles. The van der Waals surface area contributed by atoms with Crippen molar-refractivity contribution in [2.24, 2.45) is 5.73 Å². The van der Waals surface area contributed by atoms with Crippen LogP contribution in [0.3, 0.4) is 0 Å². The second-order valence-corrected chi connectivity index (χ2v) is 1.62. The van der Waals surface area contributed by atoms with E-state index < -0.39 is 5.97 Å². The van der Waals surface area contributed by atoms with E-state index in [1.54, 1.807) is 0 Å². The lowest BCUT2D eigenvalue weighted by atomic mass is 10.2. The molecular formula is C7H11NO2. The molecule has 0 radical (unpaired) electrons. The Morgan fingerprint density at radius 3 is 2.70 bits per heavy atom. The zero-order chi connectivity index (χ0) is 7.98. The second-order valence-electron chi connectivity index (χ2n) is 1.62. The van der Waals surface area contributed by atoms with Gasteiger partial charge in [0.2, 0.25) is 0 Å². The van der Waals surface area contributed by atoms with Crippen LogP contribution in [0.25, 0.3) is 0 Å². The normalized spacial score (nSPS) is 10.8. The van der Waals surface area contributed by atoms with E-state index in [2.05, 4.69) is 11.3 Å². The minimum absolute atomic E-state index is 0.179. The molecule has 0 saturated carbocycles. The highest BCUT2D eigenvalue weighted by Crippen LogP contribution is 1.93. The quantitative estimate of drug-likeness (QED) is 0.348. The van der Waals surface area contributed by atoms with Gasteiger partial charge in [-0.25, -0.2) is 4.79 Å². The molecule has 0 atom stereocenters. The first kappa shape index (κ1) is 8.91. The summed E-state index contributed by atoms with van der Waals surface area (Å²) in [4.78, 5) is 10.7. The Kier molecular flexibility index (Phi) is 4.24. The maximum atomic E-state index is 10.7. The van der Waals surface area contributed by atoms with Crippen LogP contribution in [0.5, 0.6) is 0 Å². The van der Waals surface area contributed by atoms with Crippen molar-refractivity contribution in [2.45, 2.75) is 0 Å². The maximum absolute atomic E-state index is 10.7. The molecule has 0 aromatic heterocycles. The number of carbonyl (C=O) groups excluding carboxylic acids is 1. The largest absolute Gasteiger partial charge is 0.466 e. The van der Waals surface area contributed by atoms with Crippen LogP contribution >= 0.6 is 0 Å². The van der Waals surface area contributed by atoms with E-state index in [9.17, 15) is 4.79 Å². The Labute approximate surface area is 60.2 Å². The van der Waals surface area contributed by atoms with E-state index in [0.717, 1.165) is 0 Å². The van der Waals surface area contributed by atoms with Crippen LogP contribution < -0.4 is 5.73 Å². The number of rotatable bonds is 3. The summed E-state index contributed by atoms with van der Waals surface area (Å²) < 4.78 is 4.42. The number of hydrogen-bond donors (Lipinski definition) is 1. The number of nitrogens with two attached hydrogens (primary N) is 1. The highest BCUT2D eigenvalue weighted by Gasteiger charge is 2.04. The third kappa shape index (κ3) is 2.46. The zero-order valence-electron chi connectivity index (χ0n) is 5.96. The Hall–Kier alpha value is -1.09. The second kappa shape index (κ2) is 4.76. The summed E-state index contributed by atoms with van der Waals surface area (Å²) in [5.41, 5.74) is 5.65. The highest BCUT2D eigenvalue weighted by molar-refractivity contribution is 5.89. The van der Waals surface area contributed by atoms with Gasteiger partial charge in [0.1, 0.15) is 0 Å². The Morgan fingerprint density at radius 2 is 2.40 bits per heavy atom. The van der Waals surface area contributed by atoms with Crippen LogP contribution in [0, 0.1) is 0 Å². The smallest absolute Gasteiger partial charge is 0.335 e. The molecular weight excluding hydrogens is 130 g/mol. The average molecular weight is 141 g/mol. The lowest BCUT2D eigenvalue weighted by molar-refractivity contribution is -0.136. The van der Waals surface area contributed by atoms with Gasteiger partial charge in [-0.15, -0.1) is 0 Å². The molecule has 2 N–H and O–H groups in total. The van der Waals surface area contributed by atoms with Gasteiger partial charge in [0.05, 0.1) is 12.7 Å². The van der Waals surface area contributed by atoms with Gasteiger partial charge in [0.15, 0.2) is 0 Å². The fourth-order valence-electron chi connectivity index (χ4n) is 0.493. The summed E-state index contributed by atoms with van der Waals surface area (Å²) in [6.45, 7) is 3.60. The molecule has 0 aliphatic carbocycles. The predicted molar refractivity (Wildman–Crippen MR) is 39.4 cm³/mol. The number of methoxy groups -OCH3 is 1. The van der Waals surface area contributed by atoms with E-state index in [0.29, 0.717) is 5.57 Å². The first-order valence-corrected chi connectivity index (χ1v) is 2.86. The van der Waals surface area contributed by atoms with Crippen molar-refractivity contribution in [3.63, 3.8) is 0 Å². The van der Waals surface area contributed by atoms with Crippen LogP contribution in [0.1, 0.15) is 0 Å². The standard InChI is InChI=1S/C7H11NO2/c1-3-4-6(5-8)7(9)10-2/h3-4H,1,5,8H2,2H3. The van der Waals surface area contributed by atoms with E-state index in [1.165, 1.54) is 19.3 Å². The molecule has 3 heteroatoms. The van der Waals surface area contributed by atoms with Gasteiger partial charge < -0.3 is 10.5 Å². The Balaban J connectivity index is 4.19. The van der Waals surface area contributed by atoms with Gasteiger partial charge in [-0.05, 0) is 0 Å². The monoisotopic (exact) mass is 141 g/mol. The van der Waals surface area contributed by atoms with Gasteiger partial charge in [-0.2, -0.15) is 0 Å². The Morgan fingerprint density at radius 1 is 1.80 bits per heavy atom. The fraction of sp³-hybridized carbons (Fsp3) is 0.286. The number of esters is 1. The van der Waals surface area contributed by atoms with Crippen LogP contribution in [-0.4, -0.2) is 19.6 Å². The molecule has 3 nitrogen and oxygen atoms in total. The molecule has 10 heavy (non-hydrogen) atoms. The molecule has 0 spiro atoms. The van der Waals surface area contributed by atoms with Crippen molar-refractivity contribution >= 4 is 5.97 Å². The molecule has 0 bridgehead atoms. The molecule has 0 fully saturated rings. The first-order valence-electron chi connectivity index (χ1n) is 2.86.